The third-order valence-electron chi connectivity index (χ3n) is 3.12. The molecule has 0 fully saturated rings. The molecule has 90 valence electrons. The Morgan fingerprint density at radius 1 is 1.19 bits per heavy atom. The summed E-state index contributed by atoms with van der Waals surface area (Å²) in [5.74, 6) is 0.551. The molecule has 3 heteroatoms. The molecule has 1 unspecified atom stereocenters. The molecule has 16 heavy (non-hydrogen) atoms. The van der Waals surface area contributed by atoms with E-state index in [2.05, 4.69) is 13.8 Å². The van der Waals surface area contributed by atoms with Gasteiger partial charge >= 0.3 is 0 Å². The van der Waals surface area contributed by atoms with Gasteiger partial charge in [-0.3, -0.25) is 0 Å². The van der Waals surface area contributed by atoms with Crippen molar-refractivity contribution in [2.75, 3.05) is 0 Å². The molecule has 0 aromatic heterocycles. The van der Waals surface area contributed by atoms with Crippen LogP contribution in [0.25, 0.3) is 0 Å². The molecule has 0 saturated carbocycles. The third-order valence-corrected chi connectivity index (χ3v) is 3.72. The zero-order valence-electron chi connectivity index (χ0n) is 9.84. The predicted molar refractivity (Wildman–Crippen MR) is 72.2 cm³/mol. The number of halogens is 2. The van der Waals surface area contributed by atoms with Crippen molar-refractivity contribution in [3.8, 4) is 0 Å². The maximum atomic E-state index is 6.19. The maximum Gasteiger partial charge on any atom is 0.0439 e. The summed E-state index contributed by atoms with van der Waals surface area (Å²) in [5, 5.41) is 1.47. The summed E-state index contributed by atoms with van der Waals surface area (Å²) in [6.07, 6.45) is 3.01. The fourth-order valence-corrected chi connectivity index (χ4v) is 2.40. The minimum absolute atomic E-state index is 0.158. The van der Waals surface area contributed by atoms with Crippen LogP contribution in [-0.4, -0.2) is 6.04 Å². The summed E-state index contributed by atoms with van der Waals surface area (Å²) in [5.41, 5.74) is 7.24. The highest BCUT2D eigenvalue weighted by atomic mass is 35.5. The molecular formula is C13H19Cl2N. The van der Waals surface area contributed by atoms with Gasteiger partial charge in [0.05, 0.1) is 0 Å². The van der Waals surface area contributed by atoms with Gasteiger partial charge in [0.15, 0.2) is 0 Å². The molecule has 1 nitrogen and oxygen atoms in total. The van der Waals surface area contributed by atoms with Crippen LogP contribution >= 0.6 is 23.2 Å². The summed E-state index contributed by atoms with van der Waals surface area (Å²) in [6.45, 7) is 4.35. The summed E-state index contributed by atoms with van der Waals surface area (Å²) in [7, 11) is 0. The van der Waals surface area contributed by atoms with Gasteiger partial charge in [0.2, 0.25) is 0 Å². The summed E-state index contributed by atoms with van der Waals surface area (Å²) in [4.78, 5) is 0. The minimum Gasteiger partial charge on any atom is -0.327 e. The van der Waals surface area contributed by atoms with Gasteiger partial charge in [-0.1, -0.05) is 49.9 Å². The highest BCUT2D eigenvalue weighted by molar-refractivity contribution is 6.33. The number of benzene rings is 1. The van der Waals surface area contributed by atoms with Crippen molar-refractivity contribution >= 4 is 23.2 Å². The van der Waals surface area contributed by atoms with E-state index < -0.39 is 0 Å². The second-order valence-corrected chi connectivity index (χ2v) is 5.02. The fourth-order valence-electron chi connectivity index (χ4n) is 2.01. The Labute approximate surface area is 108 Å². The molecule has 0 radical (unpaired) electrons. The number of rotatable bonds is 5. The van der Waals surface area contributed by atoms with Crippen LogP contribution in [0.15, 0.2) is 18.2 Å². The van der Waals surface area contributed by atoms with E-state index in [0.717, 1.165) is 34.9 Å². The molecule has 1 aromatic carbocycles. The molecule has 1 rings (SSSR count). The molecule has 0 bridgehead atoms. The molecule has 0 aliphatic heterocycles. The van der Waals surface area contributed by atoms with Gasteiger partial charge in [0.1, 0.15) is 0 Å². The number of hydrogen-bond acceptors (Lipinski definition) is 1. The summed E-state index contributed by atoms with van der Waals surface area (Å²) >= 11 is 12.1. The lowest BCUT2D eigenvalue weighted by molar-refractivity contribution is 0.393. The van der Waals surface area contributed by atoms with E-state index in [-0.39, 0.29) is 6.04 Å². The van der Waals surface area contributed by atoms with Crippen molar-refractivity contribution in [1.82, 2.24) is 0 Å². The first-order valence-corrected chi connectivity index (χ1v) is 6.53. The van der Waals surface area contributed by atoms with Crippen molar-refractivity contribution in [3.63, 3.8) is 0 Å². The molecule has 0 spiro atoms. The number of nitrogens with two attached hydrogens (primary N) is 1. The summed E-state index contributed by atoms with van der Waals surface area (Å²) in [6, 6.07) is 5.70. The average Bonchev–Trinajstić information content (AvgIpc) is 2.25. The Bertz CT molecular complexity index is 335. The highest BCUT2D eigenvalue weighted by Crippen LogP contribution is 2.24. The number of hydrogen-bond donors (Lipinski definition) is 1. The van der Waals surface area contributed by atoms with Crippen molar-refractivity contribution in [2.45, 2.75) is 39.2 Å². The van der Waals surface area contributed by atoms with E-state index in [1.807, 2.05) is 12.1 Å². The highest BCUT2D eigenvalue weighted by Gasteiger charge is 2.15. The SMILES string of the molecule is CCC(CC)C(N)Cc1cc(Cl)ccc1Cl. The average molecular weight is 260 g/mol. The molecule has 1 atom stereocenters. The van der Waals surface area contributed by atoms with Gasteiger partial charge in [-0.25, -0.2) is 0 Å². The van der Waals surface area contributed by atoms with E-state index >= 15 is 0 Å². The van der Waals surface area contributed by atoms with Crippen LogP contribution < -0.4 is 5.73 Å². The van der Waals surface area contributed by atoms with Crippen molar-refractivity contribution in [1.29, 1.82) is 0 Å². The molecule has 1 aromatic rings. The second kappa shape index (κ2) is 6.48. The zero-order valence-corrected chi connectivity index (χ0v) is 11.4. The Kier molecular flexibility index (Phi) is 5.60. The van der Waals surface area contributed by atoms with Gasteiger partial charge in [-0.15, -0.1) is 0 Å². The lowest BCUT2D eigenvalue weighted by Gasteiger charge is -2.21. The van der Waals surface area contributed by atoms with Gasteiger partial charge in [-0.2, -0.15) is 0 Å². The largest absolute Gasteiger partial charge is 0.327 e. The normalized spacial score (nSPS) is 13.1. The van der Waals surface area contributed by atoms with Gasteiger partial charge < -0.3 is 5.73 Å². The topological polar surface area (TPSA) is 26.0 Å². The monoisotopic (exact) mass is 259 g/mol. The van der Waals surface area contributed by atoms with Crippen LogP contribution in [0, 0.1) is 5.92 Å². The molecule has 0 aliphatic rings. The van der Waals surface area contributed by atoms with Crippen LogP contribution in [0.2, 0.25) is 10.0 Å². The maximum absolute atomic E-state index is 6.19. The van der Waals surface area contributed by atoms with Crippen LogP contribution in [0.4, 0.5) is 0 Å². The third kappa shape index (κ3) is 3.65. The lowest BCUT2D eigenvalue weighted by atomic mass is 9.90. The van der Waals surface area contributed by atoms with E-state index in [9.17, 15) is 0 Å². The van der Waals surface area contributed by atoms with Crippen LogP contribution in [0.5, 0.6) is 0 Å². The summed E-state index contributed by atoms with van der Waals surface area (Å²) < 4.78 is 0. The van der Waals surface area contributed by atoms with Crippen molar-refractivity contribution in [3.05, 3.63) is 33.8 Å². The van der Waals surface area contributed by atoms with E-state index in [4.69, 9.17) is 28.9 Å². The lowest BCUT2D eigenvalue weighted by Crippen LogP contribution is -2.31. The van der Waals surface area contributed by atoms with Crippen LogP contribution in [0.3, 0.4) is 0 Å². The van der Waals surface area contributed by atoms with Crippen molar-refractivity contribution in [2.24, 2.45) is 11.7 Å². The van der Waals surface area contributed by atoms with Gasteiger partial charge in [-0.05, 0) is 36.1 Å². The standard InChI is InChI=1S/C13H19Cl2N/c1-3-9(4-2)13(16)8-10-7-11(14)5-6-12(10)15/h5-7,9,13H,3-4,8,16H2,1-2H3. The molecule has 0 aliphatic carbocycles. The second-order valence-electron chi connectivity index (χ2n) is 4.18. The van der Waals surface area contributed by atoms with Crippen LogP contribution in [-0.2, 0) is 6.42 Å². The predicted octanol–water partition coefficient (Wildman–Crippen LogP) is 4.30. The Balaban J connectivity index is 2.75. The minimum atomic E-state index is 0.158. The smallest absolute Gasteiger partial charge is 0.0439 e. The first-order valence-electron chi connectivity index (χ1n) is 5.78. The zero-order chi connectivity index (χ0) is 12.1. The quantitative estimate of drug-likeness (QED) is 0.839. The van der Waals surface area contributed by atoms with Gasteiger partial charge in [0, 0.05) is 16.1 Å². The first-order chi connectivity index (χ1) is 7.58. The van der Waals surface area contributed by atoms with Gasteiger partial charge in [0.25, 0.3) is 0 Å². The Morgan fingerprint density at radius 2 is 1.81 bits per heavy atom. The molecule has 0 saturated heterocycles. The van der Waals surface area contributed by atoms with E-state index in [1.54, 1.807) is 6.07 Å². The molecule has 0 heterocycles. The fraction of sp³-hybridized carbons (Fsp3) is 0.538. The van der Waals surface area contributed by atoms with Crippen LogP contribution in [0.1, 0.15) is 32.3 Å². The molecule has 2 N–H and O–H groups in total. The Morgan fingerprint density at radius 3 is 2.38 bits per heavy atom. The van der Waals surface area contributed by atoms with E-state index in [0.29, 0.717) is 5.92 Å². The Hall–Kier alpha value is -0.240. The van der Waals surface area contributed by atoms with Crippen molar-refractivity contribution < 1.29 is 0 Å². The molecular weight excluding hydrogens is 241 g/mol. The van der Waals surface area contributed by atoms with E-state index in [1.165, 1.54) is 0 Å². The first kappa shape index (κ1) is 13.8. The molecule has 0 amide bonds.